The van der Waals surface area contributed by atoms with Gasteiger partial charge in [-0.05, 0) is 51.4 Å². The molecule has 1 N–H and O–H groups in total. The number of carbonyl (C=O) groups is 1. The van der Waals surface area contributed by atoms with Crippen LogP contribution in [0, 0.1) is 0 Å². The zero-order valence-electron chi connectivity index (χ0n) is 13.3. The number of hydrogen-bond acceptors (Lipinski definition) is 4. The fourth-order valence-electron chi connectivity index (χ4n) is 2.63. The quantitative estimate of drug-likeness (QED) is 0.783. The number of likely N-dealkylation sites (tertiary alicyclic amines) is 1. The SMILES string of the molecule is CCOc1ccccc1NC(=O)OCCCN1CCCCC1. The fraction of sp³-hybridized carbons (Fsp3) is 0.588. The van der Waals surface area contributed by atoms with E-state index in [1.165, 1.54) is 32.4 Å². The Kier molecular flexibility index (Phi) is 7.03. The summed E-state index contributed by atoms with van der Waals surface area (Å²) in [5.41, 5.74) is 0.644. The highest BCUT2D eigenvalue weighted by Crippen LogP contribution is 2.23. The van der Waals surface area contributed by atoms with Crippen molar-refractivity contribution in [3.63, 3.8) is 0 Å². The Morgan fingerprint density at radius 1 is 1.23 bits per heavy atom. The smallest absolute Gasteiger partial charge is 0.411 e. The highest BCUT2D eigenvalue weighted by atomic mass is 16.5. The lowest BCUT2D eigenvalue weighted by molar-refractivity contribution is 0.148. The minimum absolute atomic E-state index is 0.425. The molecular formula is C17H26N2O3. The summed E-state index contributed by atoms with van der Waals surface area (Å²) in [4.78, 5) is 14.3. The second-order valence-electron chi connectivity index (χ2n) is 5.45. The molecule has 5 heteroatoms. The third-order valence-corrected chi connectivity index (χ3v) is 3.72. The van der Waals surface area contributed by atoms with Crippen LogP contribution in [0.1, 0.15) is 32.6 Å². The molecule has 1 aromatic rings. The molecule has 1 fully saturated rings. The van der Waals surface area contributed by atoms with Crippen molar-refractivity contribution in [3.8, 4) is 5.75 Å². The Balaban J connectivity index is 1.67. The standard InChI is InChI=1S/C17H26N2O3/c1-2-21-16-10-5-4-9-15(16)18-17(20)22-14-8-13-19-11-6-3-7-12-19/h4-5,9-10H,2-3,6-8,11-14H2,1H3,(H,18,20). The van der Waals surface area contributed by atoms with Crippen molar-refractivity contribution in [3.05, 3.63) is 24.3 Å². The predicted octanol–water partition coefficient (Wildman–Crippen LogP) is 3.51. The molecule has 0 spiro atoms. The number of rotatable bonds is 7. The summed E-state index contributed by atoms with van der Waals surface area (Å²) < 4.78 is 10.7. The van der Waals surface area contributed by atoms with E-state index >= 15 is 0 Å². The Morgan fingerprint density at radius 3 is 2.77 bits per heavy atom. The van der Waals surface area contributed by atoms with Gasteiger partial charge >= 0.3 is 6.09 Å². The Hall–Kier alpha value is -1.75. The van der Waals surface area contributed by atoms with Gasteiger partial charge in [0, 0.05) is 6.54 Å². The minimum Gasteiger partial charge on any atom is -0.492 e. The summed E-state index contributed by atoms with van der Waals surface area (Å²) in [5.74, 6) is 0.662. The highest BCUT2D eigenvalue weighted by Gasteiger charge is 2.11. The number of nitrogens with zero attached hydrogens (tertiary/aromatic N) is 1. The van der Waals surface area contributed by atoms with Crippen LogP contribution in [0.25, 0.3) is 0 Å². The lowest BCUT2D eigenvalue weighted by Gasteiger charge is -2.26. The summed E-state index contributed by atoms with van der Waals surface area (Å²) in [6, 6.07) is 7.37. The van der Waals surface area contributed by atoms with E-state index in [1.807, 2.05) is 25.1 Å². The molecule has 5 nitrogen and oxygen atoms in total. The first-order valence-electron chi connectivity index (χ1n) is 8.17. The van der Waals surface area contributed by atoms with Gasteiger partial charge in [-0.2, -0.15) is 0 Å². The van der Waals surface area contributed by atoms with E-state index in [-0.39, 0.29) is 0 Å². The minimum atomic E-state index is -0.425. The third kappa shape index (κ3) is 5.56. The van der Waals surface area contributed by atoms with Crippen molar-refractivity contribution in [1.29, 1.82) is 0 Å². The van der Waals surface area contributed by atoms with Crippen LogP contribution in [0.5, 0.6) is 5.75 Å². The Morgan fingerprint density at radius 2 is 2.00 bits per heavy atom. The number of ether oxygens (including phenoxy) is 2. The van der Waals surface area contributed by atoms with Gasteiger partial charge in [0.2, 0.25) is 0 Å². The summed E-state index contributed by atoms with van der Waals surface area (Å²) in [6.45, 7) is 6.27. The zero-order valence-corrected chi connectivity index (χ0v) is 13.3. The molecule has 1 aliphatic heterocycles. The van der Waals surface area contributed by atoms with Crippen LogP contribution >= 0.6 is 0 Å². The van der Waals surface area contributed by atoms with Crippen LogP contribution in [0.4, 0.5) is 10.5 Å². The summed E-state index contributed by atoms with van der Waals surface area (Å²) >= 11 is 0. The van der Waals surface area contributed by atoms with E-state index in [4.69, 9.17) is 9.47 Å². The molecule has 0 atom stereocenters. The average Bonchev–Trinajstić information content (AvgIpc) is 2.55. The van der Waals surface area contributed by atoms with E-state index in [1.54, 1.807) is 6.07 Å². The third-order valence-electron chi connectivity index (χ3n) is 3.72. The van der Waals surface area contributed by atoms with E-state index in [0.29, 0.717) is 24.7 Å². The van der Waals surface area contributed by atoms with Crippen LogP contribution in [0.2, 0.25) is 0 Å². The van der Waals surface area contributed by atoms with E-state index in [0.717, 1.165) is 13.0 Å². The van der Waals surface area contributed by atoms with Crippen molar-refractivity contribution in [2.24, 2.45) is 0 Å². The van der Waals surface area contributed by atoms with Crippen molar-refractivity contribution >= 4 is 11.8 Å². The van der Waals surface area contributed by atoms with E-state index in [9.17, 15) is 4.79 Å². The van der Waals surface area contributed by atoms with Crippen molar-refractivity contribution in [1.82, 2.24) is 4.90 Å². The van der Waals surface area contributed by atoms with Crippen molar-refractivity contribution in [2.45, 2.75) is 32.6 Å². The number of benzene rings is 1. The summed E-state index contributed by atoms with van der Waals surface area (Å²) in [6.07, 6.45) is 4.37. The molecule has 0 aromatic heterocycles. The van der Waals surface area contributed by atoms with Gasteiger partial charge in [0.1, 0.15) is 5.75 Å². The van der Waals surface area contributed by atoms with Gasteiger partial charge < -0.3 is 14.4 Å². The van der Waals surface area contributed by atoms with E-state index < -0.39 is 6.09 Å². The molecule has 1 heterocycles. The van der Waals surface area contributed by atoms with Gasteiger partial charge in [-0.15, -0.1) is 0 Å². The number of carbonyl (C=O) groups excluding carboxylic acids is 1. The van der Waals surface area contributed by atoms with Crippen molar-refractivity contribution in [2.75, 3.05) is 38.2 Å². The molecule has 2 rings (SSSR count). The molecule has 1 aromatic carbocycles. The van der Waals surface area contributed by atoms with Crippen LogP contribution in [0.15, 0.2) is 24.3 Å². The van der Waals surface area contributed by atoms with Gasteiger partial charge in [-0.3, -0.25) is 5.32 Å². The molecule has 0 bridgehead atoms. The topological polar surface area (TPSA) is 50.8 Å². The molecule has 1 aliphatic rings. The van der Waals surface area contributed by atoms with E-state index in [2.05, 4.69) is 10.2 Å². The predicted molar refractivity (Wildman–Crippen MR) is 87.5 cm³/mol. The Bertz CT molecular complexity index is 459. The molecule has 22 heavy (non-hydrogen) atoms. The highest BCUT2D eigenvalue weighted by molar-refractivity contribution is 5.86. The molecule has 0 aliphatic carbocycles. The molecule has 1 amide bonds. The van der Waals surface area contributed by atoms with Gasteiger partial charge in [0.25, 0.3) is 0 Å². The maximum absolute atomic E-state index is 11.8. The second-order valence-corrected chi connectivity index (χ2v) is 5.45. The number of piperidine rings is 1. The van der Waals surface area contributed by atoms with Gasteiger partial charge in [0.15, 0.2) is 0 Å². The number of nitrogens with one attached hydrogen (secondary N) is 1. The van der Waals surface area contributed by atoms with Crippen molar-refractivity contribution < 1.29 is 14.3 Å². The first-order chi connectivity index (χ1) is 10.8. The van der Waals surface area contributed by atoms with Crippen LogP contribution in [0.3, 0.4) is 0 Å². The van der Waals surface area contributed by atoms with Gasteiger partial charge in [-0.25, -0.2) is 4.79 Å². The number of anilines is 1. The summed E-state index contributed by atoms with van der Waals surface area (Å²) in [5, 5.41) is 2.73. The maximum Gasteiger partial charge on any atom is 0.411 e. The van der Waals surface area contributed by atoms with Crippen LogP contribution in [-0.4, -0.2) is 43.8 Å². The van der Waals surface area contributed by atoms with Crippen LogP contribution < -0.4 is 10.1 Å². The molecular weight excluding hydrogens is 280 g/mol. The molecule has 1 saturated heterocycles. The Labute approximate surface area is 132 Å². The number of para-hydroxylation sites is 2. The normalized spacial score (nSPS) is 15.3. The fourth-order valence-corrected chi connectivity index (χ4v) is 2.63. The monoisotopic (exact) mass is 306 g/mol. The van der Waals surface area contributed by atoms with Gasteiger partial charge in [-0.1, -0.05) is 18.6 Å². The van der Waals surface area contributed by atoms with Crippen LogP contribution in [-0.2, 0) is 4.74 Å². The molecule has 0 radical (unpaired) electrons. The lowest BCUT2D eigenvalue weighted by Crippen LogP contribution is -2.31. The summed E-state index contributed by atoms with van der Waals surface area (Å²) in [7, 11) is 0. The maximum atomic E-state index is 11.8. The average molecular weight is 306 g/mol. The molecule has 0 saturated carbocycles. The lowest BCUT2D eigenvalue weighted by atomic mass is 10.1. The molecule has 0 unspecified atom stereocenters. The first kappa shape index (κ1) is 16.6. The second kappa shape index (κ2) is 9.30. The number of amides is 1. The largest absolute Gasteiger partial charge is 0.492 e. The zero-order chi connectivity index (χ0) is 15.6. The first-order valence-corrected chi connectivity index (χ1v) is 8.17. The number of hydrogen-bond donors (Lipinski definition) is 1. The molecule has 122 valence electrons. The van der Waals surface area contributed by atoms with Gasteiger partial charge in [0.05, 0.1) is 18.9 Å².